The molecule has 1 heterocycles. The molecule has 0 aromatic heterocycles. The third-order valence-corrected chi connectivity index (χ3v) is 11.8. The van der Waals surface area contributed by atoms with Crippen LogP contribution < -0.4 is 0 Å². The van der Waals surface area contributed by atoms with Crippen LogP contribution in [0.2, 0.25) is 18.1 Å². The summed E-state index contributed by atoms with van der Waals surface area (Å²) in [7, 11) is -0.818. The monoisotopic (exact) mass is 561 g/mol. The third kappa shape index (κ3) is 10.3. The van der Waals surface area contributed by atoms with Gasteiger partial charge in [0, 0.05) is 19.6 Å². The molecule has 1 aromatic rings. The van der Waals surface area contributed by atoms with Crippen LogP contribution in [-0.4, -0.2) is 57.2 Å². The van der Waals surface area contributed by atoms with Gasteiger partial charge in [-0.15, -0.1) is 0 Å². The van der Waals surface area contributed by atoms with Gasteiger partial charge in [0.1, 0.15) is 5.60 Å². The van der Waals surface area contributed by atoms with Crippen molar-refractivity contribution in [1.82, 2.24) is 4.90 Å². The minimum atomic E-state index is -2.21. The molecule has 7 nitrogen and oxygen atoms in total. The molecule has 0 unspecified atom stereocenters. The van der Waals surface area contributed by atoms with Crippen molar-refractivity contribution in [2.75, 3.05) is 20.3 Å². The van der Waals surface area contributed by atoms with E-state index in [2.05, 4.69) is 46.0 Å². The van der Waals surface area contributed by atoms with E-state index in [0.717, 1.165) is 25.7 Å². The van der Waals surface area contributed by atoms with E-state index in [1.165, 1.54) is 12.7 Å². The van der Waals surface area contributed by atoms with E-state index in [4.69, 9.17) is 18.6 Å². The van der Waals surface area contributed by atoms with E-state index in [9.17, 15) is 9.59 Å². The van der Waals surface area contributed by atoms with Crippen molar-refractivity contribution in [3.8, 4) is 0 Å². The van der Waals surface area contributed by atoms with Crippen molar-refractivity contribution in [1.29, 1.82) is 0 Å². The Hall–Kier alpha value is -2.32. The van der Waals surface area contributed by atoms with Gasteiger partial charge in [0.05, 0.1) is 31.1 Å². The fourth-order valence-corrected chi connectivity index (χ4v) is 5.41. The number of rotatable bonds is 12. The molecule has 0 saturated heterocycles. The normalized spacial score (nSPS) is 16.7. The predicted octanol–water partition coefficient (Wildman–Crippen LogP) is 7.61. The molecule has 0 radical (unpaired) electrons. The molecule has 1 aromatic carbocycles. The van der Waals surface area contributed by atoms with E-state index >= 15 is 0 Å². The molecular formula is C31H51NO6Si. The summed E-state index contributed by atoms with van der Waals surface area (Å²) in [6.45, 7) is 18.2. The highest BCUT2D eigenvalue weighted by Gasteiger charge is 2.44. The predicted molar refractivity (Wildman–Crippen MR) is 158 cm³/mol. The SMILES string of the molecule is COC(=O)C1=C(O[Si](C)(C)C(C)(C)C)CCN(C(=O)OC(C)(C)C)[C@@H]1CCCCCCOCc1ccccc1. The number of hydrogen-bond donors (Lipinski definition) is 0. The fourth-order valence-electron chi connectivity index (χ4n) is 4.28. The summed E-state index contributed by atoms with van der Waals surface area (Å²) in [5, 5.41) is -0.0262. The van der Waals surface area contributed by atoms with Gasteiger partial charge in [-0.3, -0.25) is 0 Å². The van der Waals surface area contributed by atoms with Gasteiger partial charge < -0.3 is 23.5 Å². The van der Waals surface area contributed by atoms with Crippen molar-refractivity contribution in [3.63, 3.8) is 0 Å². The quantitative estimate of drug-likeness (QED) is 0.148. The van der Waals surface area contributed by atoms with Crippen LogP contribution in [0.15, 0.2) is 41.7 Å². The van der Waals surface area contributed by atoms with E-state index in [1.807, 2.05) is 39.0 Å². The fraction of sp³-hybridized carbons (Fsp3) is 0.677. The smallest absolute Gasteiger partial charge is 0.410 e. The van der Waals surface area contributed by atoms with Crippen molar-refractivity contribution >= 4 is 20.4 Å². The van der Waals surface area contributed by atoms with Gasteiger partial charge >= 0.3 is 12.1 Å². The maximum atomic E-state index is 13.2. The average molecular weight is 562 g/mol. The van der Waals surface area contributed by atoms with Crippen LogP contribution in [0.5, 0.6) is 0 Å². The number of nitrogens with zero attached hydrogens (tertiary/aromatic N) is 1. The van der Waals surface area contributed by atoms with Crippen LogP contribution in [-0.2, 0) is 30.0 Å². The Morgan fingerprint density at radius 3 is 2.21 bits per heavy atom. The Morgan fingerprint density at radius 2 is 1.62 bits per heavy atom. The highest BCUT2D eigenvalue weighted by atomic mass is 28.4. The van der Waals surface area contributed by atoms with Crippen LogP contribution in [0.25, 0.3) is 0 Å². The molecule has 1 atom stereocenters. The lowest BCUT2D eigenvalue weighted by atomic mass is 9.93. The number of amides is 1. The lowest BCUT2D eigenvalue weighted by Gasteiger charge is -2.42. The molecule has 0 fully saturated rings. The molecule has 0 aliphatic carbocycles. The van der Waals surface area contributed by atoms with E-state index in [0.29, 0.717) is 43.9 Å². The second kappa shape index (κ2) is 14.4. The van der Waals surface area contributed by atoms with Crippen molar-refractivity contribution in [2.24, 2.45) is 0 Å². The summed E-state index contributed by atoms with van der Waals surface area (Å²) in [4.78, 5) is 28.1. The molecule has 220 valence electrons. The van der Waals surface area contributed by atoms with Crippen molar-refractivity contribution in [3.05, 3.63) is 47.2 Å². The minimum absolute atomic E-state index is 0.0262. The van der Waals surface area contributed by atoms with Crippen LogP contribution >= 0.6 is 0 Å². The number of esters is 1. The summed E-state index contributed by atoms with van der Waals surface area (Å²) >= 11 is 0. The summed E-state index contributed by atoms with van der Waals surface area (Å²) in [5.74, 6) is 0.240. The summed E-state index contributed by atoms with van der Waals surface area (Å²) in [6, 6.07) is 9.72. The largest absolute Gasteiger partial charge is 0.546 e. The van der Waals surface area contributed by atoms with Gasteiger partial charge in [0.15, 0.2) is 0 Å². The van der Waals surface area contributed by atoms with Gasteiger partial charge in [-0.1, -0.05) is 70.4 Å². The van der Waals surface area contributed by atoms with Crippen LogP contribution in [0, 0.1) is 0 Å². The first-order valence-corrected chi connectivity index (χ1v) is 17.2. The number of carbonyl (C=O) groups is 2. The lowest BCUT2D eigenvalue weighted by molar-refractivity contribution is -0.137. The number of ether oxygens (including phenoxy) is 3. The Bertz CT molecular complexity index is 962. The molecule has 0 bridgehead atoms. The second-order valence-electron chi connectivity index (χ2n) is 12.9. The standard InChI is InChI=1S/C31H51NO6Si/c1-30(2,3)37-29(34)32-21-20-26(38-39(8,9)31(4,5)6)27(28(33)35-7)25(32)19-15-10-11-16-22-36-23-24-17-13-12-14-18-24/h12-14,17-18,25H,10-11,15-16,19-23H2,1-9H3/t25-/m1/s1. The van der Waals surface area contributed by atoms with Crippen molar-refractivity contribution in [2.45, 2.75) is 116 Å². The van der Waals surface area contributed by atoms with Crippen LogP contribution in [0.4, 0.5) is 4.79 Å². The molecule has 1 aliphatic heterocycles. The Morgan fingerprint density at radius 1 is 0.974 bits per heavy atom. The Labute approximate surface area is 237 Å². The Balaban J connectivity index is 2.12. The molecule has 8 heteroatoms. The van der Waals surface area contributed by atoms with Gasteiger partial charge in [-0.25, -0.2) is 9.59 Å². The van der Waals surface area contributed by atoms with Gasteiger partial charge in [-0.2, -0.15) is 0 Å². The zero-order valence-electron chi connectivity index (χ0n) is 25.7. The number of unbranched alkanes of at least 4 members (excludes halogenated alkanes) is 3. The molecule has 0 spiro atoms. The molecule has 0 N–H and O–H groups in total. The summed E-state index contributed by atoms with van der Waals surface area (Å²) in [6.07, 6.45) is 4.50. The van der Waals surface area contributed by atoms with Gasteiger partial charge in [0.2, 0.25) is 8.32 Å². The minimum Gasteiger partial charge on any atom is -0.546 e. The number of carbonyl (C=O) groups excluding carboxylic acids is 2. The molecule has 1 amide bonds. The maximum absolute atomic E-state index is 13.2. The van der Waals surface area contributed by atoms with E-state index in [1.54, 1.807) is 4.90 Å². The van der Waals surface area contributed by atoms with E-state index < -0.39 is 32.0 Å². The molecule has 0 saturated carbocycles. The highest BCUT2D eigenvalue weighted by molar-refractivity contribution is 6.74. The van der Waals surface area contributed by atoms with E-state index in [-0.39, 0.29) is 5.04 Å². The first-order valence-electron chi connectivity index (χ1n) is 14.3. The summed E-state index contributed by atoms with van der Waals surface area (Å²) in [5.41, 5.74) is 1.01. The third-order valence-electron chi connectivity index (χ3n) is 7.44. The molecule has 39 heavy (non-hydrogen) atoms. The van der Waals surface area contributed by atoms with Crippen LogP contribution in [0.1, 0.15) is 85.6 Å². The topological polar surface area (TPSA) is 74.3 Å². The molecule has 1 aliphatic rings. The highest BCUT2D eigenvalue weighted by Crippen LogP contribution is 2.41. The number of benzene rings is 1. The average Bonchev–Trinajstić information content (AvgIpc) is 2.83. The zero-order chi connectivity index (χ0) is 29.3. The lowest BCUT2D eigenvalue weighted by Crippen LogP contribution is -2.50. The van der Waals surface area contributed by atoms with Crippen LogP contribution in [0.3, 0.4) is 0 Å². The van der Waals surface area contributed by atoms with Gasteiger partial charge in [-0.05, 0) is 57.3 Å². The second-order valence-corrected chi connectivity index (χ2v) is 17.6. The Kier molecular flexibility index (Phi) is 12.1. The first-order chi connectivity index (χ1) is 18.2. The van der Waals surface area contributed by atoms with Gasteiger partial charge in [0.25, 0.3) is 0 Å². The number of hydrogen-bond acceptors (Lipinski definition) is 6. The van der Waals surface area contributed by atoms with Crippen molar-refractivity contribution < 1.29 is 28.2 Å². The summed E-state index contributed by atoms with van der Waals surface area (Å²) < 4.78 is 23.4. The molecular weight excluding hydrogens is 510 g/mol. The first kappa shape index (κ1) is 32.9. The molecule has 2 rings (SSSR count). The number of methoxy groups -OCH3 is 1. The zero-order valence-corrected chi connectivity index (χ0v) is 26.7. The maximum Gasteiger partial charge on any atom is 0.410 e.